The fourth-order valence-electron chi connectivity index (χ4n) is 3.96. The number of thiazole rings is 1. The summed E-state index contributed by atoms with van der Waals surface area (Å²) in [6.07, 6.45) is 3.18. The number of hydrogen-bond donors (Lipinski definition) is 1. The summed E-state index contributed by atoms with van der Waals surface area (Å²) in [7, 11) is 1.58. The highest BCUT2D eigenvalue weighted by molar-refractivity contribution is 7.18. The minimum Gasteiger partial charge on any atom is -0.496 e. The van der Waals surface area contributed by atoms with Gasteiger partial charge in [0.1, 0.15) is 17.1 Å². The molecule has 0 saturated heterocycles. The number of rotatable bonds is 5. The van der Waals surface area contributed by atoms with Crippen LogP contribution in [-0.2, 0) is 4.79 Å². The fourth-order valence-corrected chi connectivity index (χ4v) is 4.77. The third kappa shape index (κ3) is 4.18. The summed E-state index contributed by atoms with van der Waals surface area (Å²) < 4.78 is 25.8. The number of carbonyl (C=O) groups is 1. The van der Waals surface area contributed by atoms with Gasteiger partial charge in [0, 0.05) is 34.3 Å². The molecule has 0 spiro atoms. The first-order valence-electron chi connectivity index (χ1n) is 10.6. The molecule has 7 heteroatoms. The maximum Gasteiger partial charge on any atom is 0.248 e. The number of furan rings is 1. The lowest BCUT2D eigenvalue weighted by atomic mass is 9.99. The highest BCUT2D eigenvalue weighted by Gasteiger charge is 2.15. The highest BCUT2D eigenvalue weighted by Crippen LogP contribution is 2.37. The number of carbonyl (C=O) groups excluding carboxylic acids is 1. The zero-order valence-corrected chi connectivity index (χ0v) is 19.6. The van der Waals surface area contributed by atoms with E-state index in [-0.39, 0.29) is 11.7 Å². The van der Waals surface area contributed by atoms with Crippen LogP contribution in [0.3, 0.4) is 0 Å². The molecule has 3 aromatic carbocycles. The Morgan fingerprint density at radius 2 is 1.94 bits per heavy atom. The molecule has 0 saturated carbocycles. The molecular formula is C27H21FN2O3S. The second-order valence-corrected chi connectivity index (χ2v) is 9.17. The lowest BCUT2D eigenvalue weighted by molar-refractivity contribution is -0.111. The van der Waals surface area contributed by atoms with Gasteiger partial charge >= 0.3 is 0 Å². The van der Waals surface area contributed by atoms with Crippen molar-refractivity contribution in [2.75, 3.05) is 12.4 Å². The van der Waals surface area contributed by atoms with Gasteiger partial charge < -0.3 is 14.5 Å². The topological polar surface area (TPSA) is 64.4 Å². The van der Waals surface area contributed by atoms with Crippen molar-refractivity contribution in [1.82, 2.24) is 4.98 Å². The number of amides is 1. The van der Waals surface area contributed by atoms with Crippen molar-refractivity contribution in [3.8, 4) is 16.9 Å². The monoisotopic (exact) mass is 472 g/mol. The second-order valence-electron chi connectivity index (χ2n) is 7.94. The number of nitrogens with zero attached hydrogens (tertiary/aromatic N) is 1. The maximum atomic E-state index is 13.4. The lowest BCUT2D eigenvalue weighted by Crippen LogP contribution is -2.08. The first-order valence-corrected chi connectivity index (χ1v) is 11.4. The zero-order chi connectivity index (χ0) is 23.8. The summed E-state index contributed by atoms with van der Waals surface area (Å²) in [5, 5.41) is 4.74. The lowest BCUT2D eigenvalue weighted by Gasteiger charge is -2.10. The van der Waals surface area contributed by atoms with Crippen LogP contribution in [0.1, 0.15) is 17.5 Å². The molecule has 5 nitrogen and oxygen atoms in total. The van der Waals surface area contributed by atoms with E-state index in [0.717, 1.165) is 42.9 Å². The maximum absolute atomic E-state index is 13.4. The summed E-state index contributed by atoms with van der Waals surface area (Å²) >= 11 is 1.62. The molecule has 5 aromatic rings. The molecule has 1 N–H and O–H groups in total. The van der Waals surface area contributed by atoms with Crippen molar-refractivity contribution in [2.45, 2.75) is 13.8 Å². The van der Waals surface area contributed by atoms with Crippen LogP contribution in [0.25, 0.3) is 37.9 Å². The normalized spacial score (nSPS) is 11.8. The molecule has 170 valence electrons. The Bertz CT molecular complexity index is 1560. The summed E-state index contributed by atoms with van der Waals surface area (Å²) in [4.78, 5) is 17.3. The largest absolute Gasteiger partial charge is 0.496 e. The van der Waals surface area contributed by atoms with E-state index in [4.69, 9.17) is 9.15 Å². The highest BCUT2D eigenvalue weighted by atomic mass is 32.1. The molecule has 5 rings (SSSR count). The van der Waals surface area contributed by atoms with Gasteiger partial charge in [-0.25, -0.2) is 9.37 Å². The Kier molecular flexibility index (Phi) is 5.63. The van der Waals surface area contributed by atoms with Gasteiger partial charge in [0.2, 0.25) is 5.91 Å². The van der Waals surface area contributed by atoms with Crippen LogP contribution in [0.2, 0.25) is 0 Å². The molecule has 34 heavy (non-hydrogen) atoms. The number of methoxy groups -OCH3 is 1. The van der Waals surface area contributed by atoms with Gasteiger partial charge in [0.15, 0.2) is 0 Å². The van der Waals surface area contributed by atoms with Gasteiger partial charge in [-0.1, -0.05) is 12.1 Å². The molecular weight excluding hydrogens is 451 g/mol. The van der Waals surface area contributed by atoms with Crippen molar-refractivity contribution in [1.29, 1.82) is 0 Å². The van der Waals surface area contributed by atoms with Crippen LogP contribution in [0.15, 0.2) is 71.4 Å². The number of nitrogens with one attached hydrogen (secondary N) is 1. The molecule has 0 bridgehead atoms. The molecule has 0 unspecified atom stereocenters. The summed E-state index contributed by atoms with van der Waals surface area (Å²) in [5.74, 6) is 0.0399. The number of benzene rings is 3. The number of fused-ring (bicyclic) bond motifs is 2. The van der Waals surface area contributed by atoms with Gasteiger partial charge in [0.05, 0.1) is 28.6 Å². The number of anilines is 1. The Morgan fingerprint density at radius 3 is 2.71 bits per heavy atom. The van der Waals surface area contributed by atoms with Crippen molar-refractivity contribution >= 4 is 49.7 Å². The third-order valence-corrected chi connectivity index (χ3v) is 6.54. The molecule has 0 aliphatic rings. The van der Waals surface area contributed by atoms with E-state index < -0.39 is 0 Å². The molecule has 2 aromatic heterocycles. The number of aromatic nitrogens is 1. The van der Waals surface area contributed by atoms with Gasteiger partial charge in [-0.15, -0.1) is 11.3 Å². The number of allylic oxidation sites excluding steroid dienone is 1. The summed E-state index contributed by atoms with van der Waals surface area (Å²) in [6, 6.07) is 15.7. The van der Waals surface area contributed by atoms with Crippen molar-refractivity contribution in [3.05, 3.63) is 83.3 Å². The quantitative estimate of drug-likeness (QED) is 0.275. The second kappa shape index (κ2) is 8.76. The number of halogens is 1. The number of ether oxygens (including phenoxy) is 1. The SMILES string of the molecule is COc1cc2occ(-c3ccc(F)cc3)c2cc1/C(C)=C/C(=O)Nc1ccc2sc(C)nc2c1. The van der Waals surface area contributed by atoms with E-state index in [1.54, 1.807) is 42.9 Å². The van der Waals surface area contributed by atoms with Crippen LogP contribution in [0, 0.1) is 12.7 Å². The Hall–Kier alpha value is -3.97. The number of aryl methyl sites for hydroxylation is 1. The van der Waals surface area contributed by atoms with Crippen LogP contribution >= 0.6 is 11.3 Å². The molecule has 0 aliphatic carbocycles. The summed E-state index contributed by atoms with van der Waals surface area (Å²) in [6.45, 7) is 3.81. The predicted octanol–water partition coefficient (Wildman–Crippen LogP) is 7.21. The predicted molar refractivity (Wildman–Crippen MR) is 135 cm³/mol. The first kappa shape index (κ1) is 21.9. The van der Waals surface area contributed by atoms with Crippen molar-refractivity contribution < 1.29 is 18.3 Å². The van der Waals surface area contributed by atoms with Gasteiger partial charge in [0.25, 0.3) is 0 Å². The smallest absolute Gasteiger partial charge is 0.248 e. The van der Waals surface area contributed by atoms with Crippen LogP contribution in [0.5, 0.6) is 5.75 Å². The zero-order valence-electron chi connectivity index (χ0n) is 18.8. The standard InChI is InChI=1S/C27H21FN2O3S/c1-15(10-27(31)30-19-8-9-26-23(11-19)29-16(2)34-26)20-12-21-22(17-4-6-18(28)7-5-17)14-33-25(21)13-24(20)32-3/h4-14H,1-3H3,(H,30,31)/b15-10+. The average molecular weight is 473 g/mol. The molecule has 0 atom stereocenters. The molecule has 0 aliphatic heterocycles. The Morgan fingerprint density at radius 1 is 1.15 bits per heavy atom. The van der Waals surface area contributed by atoms with Crippen LogP contribution in [0.4, 0.5) is 10.1 Å². The molecule has 0 fully saturated rings. The molecule has 2 heterocycles. The van der Waals surface area contributed by atoms with E-state index >= 15 is 0 Å². The minimum absolute atomic E-state index is 0.253. The Labute approximate surface area is 199 Å². The third-order valence-electron chi connectivity index (χ3n) is 5.59. The van der Waals surface area contributed by atoms with Crippen LogP contribution in [-0.4, -0.2) is 18.0 Å². The van der Waals surface area contributed by atoms with Crippen LogP contribution < -0.4 is 10.1 Å². The van der Waals surface area contributed by atoms with E-state index in [2.05, 4.69) is 10.3 Å². The molecule has 0 radical (unpaired) electrons. The van der Waals surface area contributed by atoms with E-state index in [9.17, 15) is 9.18 Å². The fraction of sp³-hybridized carbons (Fsp3) is 0.111. The van der Waals surface area contributed by atoms with Crippen molar-refractivity contribution in [2.24, 2.45) is 0 Å². The number of hydrogen-bond acceptors (Lipinski definition) is 5. The Balaban J connectivity index is 1.47. The minimum atomic E-state index is -0.298. The van der Waals surface area contributed by atoms with Crippen molar-refractivity contribution in [3.63, 3.8) is 0 Å². The van der Waals surface area contributed by atoms with E-state index in [1.807, 2.05) is 38.1 Å². The van der Waals surface area contributed by atoms with Gasteiger partial charge in [-0.05, 0) is 61.4 Å². The van der Waals surface area contributed by atoms with E-state index in [0.29, 0.717) is 17.0 Å². The summed E-state index contributed by atoms with van der Waals surface area (Å²) in [5.41, 5.74) is 5.35. The van der Waals surface area contributed by atoms with E-state index in [1.165, 1.54) is 18.2 Å². The average Bonchev–Trinajstić information content (AvgIpc) is 3.40. The van der Waals surface area contributed by atoms with Gasteiger partial charge in [-0.2, -0.15) is 0 Å². The molecule has 1 amide bonds. The first-order chi connectivity index (χ1) is 16.4. The van der Waals surface area contributed by atoms with Gasteiger partial charge in [-0.3, -0.25) is 4.79 Å².